The molecule has 3 rings (SSSR count). The normalized spacial score (nSPS) is 21.9. The maximum absolute atomic E-state index is 5.75. The Kier molecular flexibility index (Phi) is 5.25. The number of nitrogens with one attached hydrogen (secondary N) is 1. The SMILES string of the molecule is c1ccc(COCCNC2CCC3(CC2)OCCO3)cc1. The highest BCUT2D eigenvalue weighted by Gasteiger charge is 2.39. The van der Waals surface area contributed by atoms with Crippen molar-refractivity contribution in [3.63, 3.8) is 0 Å². The number of rotatable bonds is 6. The van der Waals surface area contributed by atoms with E-state index in [1.165, 1.54) is 5.56 Å². The van der Waals surface area contributed by atoms with Crippen LogP contribution in [0.4, 0.5) is 0 Å². The molecule has 1 spiro atoms. The van der Waals surface area contributed by atoms with Crippen molar-refractivity contribution in [1.29, 1.82) is 0 Å². The fourth-order valence-electron chi connectivity index (χ4n) is 3.15. The molecule has 1 N–H and O–H groups in total. The third kappa shape index (κ3) is 4.27. The maximum atomic E-state index is 5.75. The van der Waals surface area contributed by atoms with E-state index in [0.29, 0.717) is 12.6 Å². The van der Waals surface area contributed by atoms with E-state index >= 15 is 0 Å². The molecule has 4 heteroatoms. The van der Waals surface area contributed by atoms with Gasteiger partial charge in [0.05, 0.1) is 26.4 Å². The molecule has 1 aromatic rings. The van der Waals surface area contributed by atoms with Gasteiger partial charge in [0.25, 0.3) is 0 Å². The van der Waals surface area contributed by atoms with Crippen LogP contribution in [0, 0.1) is 0 Å². The molecule has 1 saturated heterocycles. The molecule has 21 heavy (non-hydrogen) atoms. The van der Waals surface area contributed by atoms with Crippen molar-refractivity contribution in [1.82, 2.24) is 5.32 Å². The van der Waals surface area contributed by atoms with Gasteiger partial charge in [0.15, 0.2) is 5.79 Å². The van der Waals surface area contributed by atoms with Gasteiger partial charge in [0, 0.05) is 25.4 Å². The average molecular weight is 291 g/mol. The molecule has 0 atom stereocenters. The highest BCUT2D eigenvalue weighted by Crippen LogP contribution is 2.35. The molecule has 0 amide bonds. The zero-order valence-electron chi connectivity index (χ0n) is 12.6. The minimum absolute atomic E-state index is 0.248. The lowest BCUT2D eigenvalue weighted by molar-refractivity contribution is -0.179. The van der Waals surface area contributed by atoms with Crippen molar-refractivity contribution in [2.45, 2.75) is 44.1 Å². The fourth-order valence-corrected chi connectivity index (χ4v) is 3.15. The number of hydrogen-bond acceptors (Lipinski definition) is 4. The summed E-state index contributed by atoms with van der Waals surface area (Å²) in [4.78, 5) is 0. The predicted molar refractivity (Wildman–Crippen MR) is 81.0 cm³/mol. The number of benzene rings is 1. The van der Waals surface area contributed by atoms with Crippen molar-refractivity contribution in [2.24, 2.45) is 0 Å². The van der Waals surface area contributed by atoms with Crippen LogP contribution < -0.4 is 5.32 Å². The summed E-state index contributed by atoms with van der Waals surface area (Å²) in [6.07, 6.45) is 4.27. The average Bonchev–Trinajstić information content (AvgIpc) is 2.98. The lowest BCUT2D eigenvalue weighted by Gasteiger charge is -2.35. The first-order valence-electron chi connectivity index (χ1n) is 7.99. The molecule has 1 aliphatic heterocycles. The van der Waals surface area contributed by atoms with E-state index in [1.807, 2.05) is 18.2 Å². The van der Waals surface area contributed by atoms with Crippen LogP contribution >= 0.6 is 0 Å². The van der Waals surface area contributed by atoms with Crippen molar-refractivity contribution in [2.75, 3.05) is 26.4 Å². The molecule has 1 aromatic carbocycles. The summed E-state index contributed by atoms with van der Waals surface area (Å²) in [5.41, 5.74) is 1.23. The van der Waals surface area contributed by atoms with Gasteiger partial charge in [0.1, 0.15) is 0 Å². The Morgan fingerprint density at radius 3 is 2.52 bits per heavy atom. The van der Waals surface area contributed by atoms with E-state index in [1.54, 1.807) is 0 Å². The van der Waals surface area contributed by atoms with Gasteiger partial charge in [-0.2, -0.15) is 0 Å². The molecule has 0 unspecified atom stereocenters. The highest BCUT2D eigenvalue weighted by atomic mass is 16.7. The molecule has 1 heterocycles. The monoisotopic (exact) mass is 291 g/mol. The summed E-state index contributed by atoms with van der Waals surface area (Å²) >= 11 is 0. The molecule has 2 aliphatic rings. The van der Waals surface area contributed by atoms with Gasteiger partial charge in [-0.25, -0.2) is 0 Å². The van der Waals surface area contributed by atoms with Crippen molar-refractivity contribution in [3.05, 3.63) is 35.9 Å². The summed E-state index contributed by atoms with van der Waals surface area (Å²) in [7, 11) is 0. The lowest BCUT2D eigenvalue weighted by Crippen LogP contribution is -2.42. The maximum Gasteiger partial charge on any atom is 0.168 e. The highest BCUT2D eigenvalue weighted by molar-refractivity contribution is 5.13. The summed E-state index contributed by atoms with van der Waals surface area (Å²) in [5.74, 6) is -0.248. The summed E-state index contributed by atoms with van der Waals surface area (Å²) in [6, 6.07) is 10.9. The number of ether oxygens (including phenoxy) is 3. The van der Waals surface area contributed by atoms with Gasteiger partial charge in [-0.05, 0) is 18.4 Å². The van der Waals surface area contributed by atoms with Crippen molar-refractivity contribution < 1.29 is 14.2 Å². The Bertz CT molecular complexity index is 407. The summed E-state index contributed by atoms with van der Waals surface area (Å²) < 4.78 is 17.2. The third-order valence-corrected chi connectivity index (χ3v) is 4.35. The molecule has 1 saturated carbocycles. The standard InChI is InChI=1S/C17H25NO3/c1-2-4-15(5-3-1)14-19-11-10-18-16-6-8-17(9-7-16)20-12-13-21-17/h1-5,16,18H,6-14H2. The number of hydrogen-bond donors (Lipinski definition) is 1. The quantitative estimate of drug-likeness (QED) is 0.817. The molecule has 0 radical (unpaired) electrons. The molecule has 0 aromatic heterocycles. The summed E-state index contributed by atoms with van der Waals surface area (Å²) in [6.45, 7) is 3.87. The molecular formula is C17H25NO3. The molecule has 116 valence electrons. The van der Waals surface area contributed by atoms with E-state index in [-0.39, 0.29) is 5.79 Å². The Balaban J connectivity index is 1.27. The smallest absolute Gasteiger partial charge is 0.168 e. The van der Waals surface area contributed by atoms with Gasteiger partial charge in [-0.1, -0.05) is 30.3 Å². The third-order valence-electron chi connectivity index (χ3n) is 4.35. The van der Waals surface area contributed by atoms with Gasteiger partial charge in [-0.3, -0.25) is 0 Å². The molecule has 0 bridgehead atoms. The Morgan fingerprint density at radius 1 is 1.10 bits per heavy atom. The summed E-state index contributed by atoms with van der Waals surface area (Å²) in [5, 5.41) is 3.58. The Labute approximate surface area is 126 Å². The second kappa shape index (κ2) is 7.36. The van der Waals surface area contributed by atoms with Crippen LogP contribution in [0.1, 0.15) is 31.2 Å². The topological polar surface area (TPSA) is 39.7 Å². The van der Waals surface area contributed by atoms with E-state index in [2.05, 4.69) is 17.4 Å². The van der Waals surface area contributed by atoms with Crippen LogP contribution in [0.2, 0.25) is 0 Å². The van der Waals surface area contributed by atoms with Crippen LogP contribution in [0.25, 0.3) is 0 Å². The first-order chi connectivity index (χ1) is 10.4. The minimum atomic E-state index is -0.248. The van der Waals surface area contributed by atoms with E-state index in [4.69, 9.17) is 14.2 Å². The fraction of sp³-hybridized carbons (Fsp3) is 0.647. The Hall–Kier alpha value is -0.940. The molecule has 4 nitrogen and oxygen atoms in total. The van der Waals surface area contributed by atoms with Crippen LogP contribution in [-0.2, 0) is 20.8 Å². The van der Waals surface area contributed by atoms with Crippen LogP contribution in [0.15, 0.2) is 30.3 Å². The van der Waals surface area contributed by atoms with Gasteiger partial charge in [0.2, 0.25) is 0 Å². The molecule has 1 aliphatic carbocycles. The van der Waals surface area contributed by atoms with E-state index in [9.17, 15) is 0 Å². The van der Waals surface area contributed by atoms with Gasteiger partial charge >= 0.3 is 0 Å². The Morgan fingerprint density at radius 2 is 1.81 bits per heavy atom. The van der Waals surface area contributed by atoms with E-state index < -0.39 is 0 Å². The van der Waals surface area contributed by atoms with Gasteiger partial charge < -0.3 is 19.5 Å². The molecule has 2 fully saturated rings. The predicted octanol–water partition coefficient (Wildman–Crippen LogP) is 2.48. The van der Waals surface area contributed by atoms with Crippen LogP contribution in [0.5, 0.6) is 0 Å². The first kappa shape index (κ1) is 15.0. The second-order valence-electron chi connectivity index (χ2n) is 5.87. The first-order valence-corrected chi connectivity index (χ1v) is 7.99. The van der Waals surface area contributed by atoms with Crippen LogP contribution in [-0.4, -0.2) is 38.2 Å². The zero-order chi connectivity index (χ0) is 14.4. The van der Waals surface area contributed by atoms with Crippen LogP contribution in [0.3, 0.4) is 0 Å². The van der Waals surface area contributed by atoms with Crippen molar-refractivity contribution in [3.8, 4) is 0 Å². The second-order valence-corrected chi connectivity index (χ2v) is 5.87. The van der Waals surface area contributed by atoms with E-state index in [0.717, 1.165) is 52.0 Å². The molecular weight excluding hydrogens is 266 g/mol. The largest absolute Gasteiger partial charge is 0.375 e. The van der Waals surface area contributed by atoms with Gasteiger partial charge in [-0.15, -0.1) is 0 Å². The minimum Gasteiger partial charge on any atom is -0.375 e. The van der Waals surface area contributed by atoms with Crippen molar-refractivity contribution >= 4 is 0 Å². The zero-order valence-corrected chi connectivity index (χ0v) is 12.6. The lowest BCUT2D eigenvalue weighted by atomic mass is 9.90.